The van der Waals surface area contributed by atoms with Gasteiger partial charge >= 0.3 is 11.9 Å². The summed E-state index contributed by atoms with van der Waals surface area (Å²) >= 11 is 0. The highest BCUT2D eigenvalue weighted by molar-refractivity contribution is 5.73. The van der Waals surface area contributed by atoms with E-state index in [0.29, 0.717) is 51.4 Å². The molecule has 10 atom stereocenters. The minimum atomic E-state index is -1.02. The molecule has 0 radical (unpaired) electrons. The van der Waals surface area contributed by atoms with Crippen molar-refractivity contribution in [2.75, 3.05) is 0 Å². The molecular formula is C28H46N2O7. The van der Waals surface area contributed by atoms with Crippen molar-refractivity contribution in [2.24, 2.45) is 47.0 Å². The molecule has 0 saturated heterocycles. The van der Waals surface area contributed by atoms with E-state index in [1.807, 2.05) is 0 Å². The Balaban J connectivity index is 1.61. The number of aliphatic hydroxyl groups is 3. The number of carbonyl (C=O) groups is 2. The molecule has 9 nitrogen and oxygen atoms in total. The molecule has 3 aliphatic carbocycles. The number of aliphatic carboxylic acids is 2. The first-order valence-corrected chi connectivity index (χ1v) is 13.9. The summed E-state index contributed by atoms with van der Waals surface area (Å²) < 4.78 is 0. The quantitative estimate of drug-likeness (QED) is 0.211. The van der Waals surface area contributed by atoms with Gasteiger partial charge in [-0.25, -0.2) is 0 Å². The minimum absolute atomic E-state index is 0.0195. The van der Waals surface area contributed by atoms with Crippen LogP contribution in [0.5, 0.6) is 0 Å². The third-order valence-electron chi connectivity index (χ3n) is 8.79. The summed E-state index contributed by atoms with van der Waals surface area (Å²) in [6.07, 6.45) is 14.4. The van der Waals surface area contributed by atoms with E-state index in [1.54, 1.807) is 0 Å². The highest BCUT2D eigenvalue weighted by Crippen LogP contribution is 2.38. The monoisotopic (exact) mass is 522 g/mol. The molecule has 0 aromatic carbocycles. The lowest BCUT2D eigenvalue weighted by atomic mass is 9.72. The predicted molar refractivity (Wildman–Crippen MR) is 139 cm³/mol. The van der Waals surface area contributed by atoms with Gasteiger partial charge in [0.2, 0.25) is 0 Å². The lowest BCUT2D eigenvalue weighted by molar-refractivity contribution is -0.140. The van der Waals surface area contributed by atoms with Gasteiger partial charge in [0.15, 0.2) is 0 Å². The maximum atomic E-state index is 11.2. The van der Waals surface area contributed by atoms with Crippen molar-refractivity contribution in [3.8, 4) is 0 Å². The van der Waals surface area contributed by atoms with Crippen molar-refractivity contribution in [1.82, 2.24) is 0 Å². The summed E-state index contributed by atoms with van der Waals surface area (Å²) in [5, 5.41) is 49.2. The highest BCUT2D eigenvalue weighted by Gasteiger charge is 2.33. The molecule has 0 aromatic rings. The van der Waals surface area contributed by atoms with Crippen LogP contribution in [0.4, 0.5) is 0 Å². The average molecular weight is 523 g/mol. The SMILES string of the molecule is NC(CC1CC(O)CCC1/C=C/C1CC(O)CC(/C=C/C2CCC(O)CC2CC(N)C(=O)O)C1)C(=O)O. The maximum absolute atomic E-state index is 11.2. The van der Waals surface area contributed by atoms with E-state index in [-0.39, 0.29) is 35.5 Å². The fourth-order valence-electron chi connectivity index (χ4n) is 6.72. The smallest absolute Gasteiger partial charge is 0.320 e. The van der Waals surface area contributed by atoms with E-state index >= 15 is 0 Å². The normalized spacial score (nSPS) is 39.0. The van der Waals surface area contributed by atoms with Gasteiger partial charge in [-0.3, -0.25) is 9.59 Å². The maximum Gasteiger partial charge on any atom is 0.320 e. The van der Waals surface area contributed by atoms with Crippen molar-refractivity contribution in [2.45, 2.75) is 101 Å². The summed E-state index contributed by atoms with van der Waals surface area (Å²) in [6.45, 7) is 0. The van der Waals surface area contributed by atoms with Gasteiger partial charge in [-0.1, -0.05) is 24.3 Å². The van der Waals surface area contributed by atoms with E-state index in [2.05, 4.69) is 24.3 Å². The molecular weight excluding hydrogens is 476 g/mol. The van der Waals surface area contributed by atoms with Crippen LogP contribution in [0.2, 0.25) is 0 Å². The first-order valence-electron chi connectivity index (χ1n) is 13.9. The first-order chi connectivity index (χ1) is 17.5. The Morgan fingerprint density at radius 1 is 0.622 bits per heavy atom. The molecule has 3 rings (SSSR count). The topological polar surface area (TPSA) is 187 Å². The average Bonchev–Trinajstić information content (AvgIpc) is 2.82. The van der Waals surface area contributed by atoms with Crippen molar-refractivity contribution in [1.29, 1.82) is 0 Å². The molecule has 0 aliphatic heterocycles. The zero-order chi connectivity index (χ0) is 27.1. The molecule has 3 aliphatic rings. The standard InChI is InChI=1S/C28H46N2O7/c29-25(27(34)35)14-20-12-22(31)7-5-18(20)3-1-16-9-17(11-24(33)10-16)2-4-19-6-8-23(32)13-21(19)15-26(30)28(36)37/h1-4,16-26,31-33H,5-15,29-30H2,(H,34,35)(H,36,37)/b3-1+,4-2+. The van der Waals surface area contributed by atoms with Gasteiger partial charge in [-0.15, -0.1) is 0 Å². The van der Waals surface area contributed by atoms with Crippen LogP contribution >= 0.6 is 0 Å². The largest absolute Gasteiger partial charge is 0.480 e. The van der Waals surface area contributed by atoms with E-state index in [9.17, 15) is 35.1 Å². The lowest BCUT2D eigenvalue weighted by Crippen LogP contribution is -2.37. The minimum Gasteiger partial charge on any atom is -0.480 e. The number of carboxylic acids is 2. The first kappa shape index (κ1) is 29.8. The molecule has 0 spiro atoms. The Kier molecular flexibility index (Phi) is 11.1. The second-order valence-corrected chi connectivity index (χ2v) is 11.8. The number of hydrogen-bond donors (Lipinski definition) is 7. The van der Waals surface area contributed by atoms with Crippen LogP contribution in [0, 0.1) is 35.5 Å². The van der Waals surface area contributed by atoms with Crippen molar-refractivity contribution >= 4 is 11.9 Å². The summed E-state index contributed by atoms with van der Waals surface area (Å²) in [7, 11) is 0. The third kappa shape index (κ3) is 9.18. The molecule has 3 saturated carbocycles. The van der Waals surface area contributed by atoms with Crippen LogP contribution in [-0.2, 0) is 9.59 Å². The second-order valence-electron chi connectivity index (χ2n) is 11.8. The van der Waals surface area contributed by atoms with E-state index in [1.165, 1.54) is 0 Å². The Morgan fingerprint density at radius 2 is 1.03 bits per heavy atom. The molecule has 0 bridgehead atoms. The van der Waals surface area contributed by atoms with Gasteiger partial charge in [0.1, 0.15) is 12.1 Å². The predicted octanol–water partition coefficient (Wildman–Crippen LogP) is 2.03. The van der Waals surface area contributed by atoms with Crippen molar-refractivity contribution in [3.05, 3.63) is 24.3 Å². The van der Waals surface area contributed by atoms with E-state index in [4.69, 9.17) is 11.5 Å². The number of aliphatic hydroxyl groups excluding tert-OH is 3. The van der Waals surface area contributed by atoms with Crippen molar-refractivity contribution in [3.63, 3.8) is 0 Å². The fourth-order valence-corrected chi connectivity index (χ4v) is 6.72. The molecule has 210 valence electrons. The summed E-state index contributed by atoms with van der Waals surface area (Å²) in [5.41, 5.74) is 11.6. The van der Waals surface area contributed by atoms with Crippen LogP contribution in [0.3, 0.4) is 0 Å². The number of carboxylic acid groups (broad SMARTS) is 2. The molecule has 37 heavy (non-hydrogen) atoms. The molecule has 9 N–H and O–H groups in total. The Bertz CT molecular complexity index is 754. The Hall–Kier alpha value is -1.78. The van der Waals surface area contributed by atoms with E-state index in [0.717, 1.165) is 19.3 Å². The van der Waals surface area contributed by atoms with Gasteiger partial charge in [-0.05, 0) is 106 Å². The van der Waals surface area contributed by atoms with Gasteiger partial charge < -0.3 is 37.0 Å². The molecule has 0 heterocycles. The molecule has 9 heteroatoms. The summed E-state index contributed by atoms with van der Waals surface area (Å²) in [5.74, 6) is -1.28. The molecule has 0 amide bonds. The highest BCUT2D eigenvalue weighted by atomic mass is 16.4. The molecule has 3 fully saturated rings. The van der Waals surface area contributed by atoms with Gasteiger partial charge in [0, 0.05) is 0 Å². The zero-order valence-corrected chi connectivity index (χ0v) is 21.6. The second kappa shape index (κ2) is 13.8. The Labute approximate surface area is 219 Å². The van der Waals surface area contributed by atoms with Crippen LogP contribution in [0.1, 0.15) is 70.6 Å². The van der Waals surface area contributed by atoms with Crippen LogP contribution in [0.25, 0.3) is 0 Å². The van der Waals surface area contributed by atoms with Crippen LogP contribution < -0.4 is 11.5 Å². The Morgan fingerprint density at radius 3 is 1.41 bits per heavy atom. The third-order valence-corrected chi connectivity index (χ3v) is 8.79. The zero-order valence-electron chi connectivity index (χ0n) is 21.6. The van der Waals surface area contributed by atoms with Crippen LogP contribution in [0.15, 0.2) is 24.3 Å². The number of allylic oxidation sites excluding steroid dienone is 4. The number of nitrogens with two attached hydrogens (primary N) is 2. The lowest BCUT2D eigenvalue weighted by Gasteiger charge is -2.35. The summed E-state index contributed by atoms with van der Waals surface area (Å²) in [6, 6.07) is -1.88. The van der Waals surface area contributed by atoms with Crippen molar-refractivity contribution < 1.29 is 35.1 Å². The van der Waals surface area contributed by atoms with Gasteiger partial charge in [-0.2, -0.15) is 0 Å². The van der Waals surface area contributed by atoms with Gasteiger partial charge in [0.25, 0.3) is 0 Å². The summed E-state index contributed by atoms with van der Waals surface area (Å²) in [4.78, 5) is 22.5. The van der Waals surface area contributed by atoms with Crippen LogP contribution in [-0.4, -0.2) is 67.9 Å². The van der Waals surface area contributed by atoms with E-state index < -0.39 is 42.3 Å². The van der Waals surface area contributed by atoms with Gasteiger partial charge in [0.05, 0.1) is 18.3 Å². The number of hydrogen-bond acceptors (Lipinski definition) is 7. The molecule has 0 aromatic heterocycles. The number of rotatable bonds is 10. The molecule has 10 unspecified atom stereocenters. The fraction of sp³-hybridized carbons (Fsp3) is 0.786.